The Balaban J connectivity index is 2.09. The van der Waals surface area contributed by atoms with Gasteiger partial charge in [0.05, 0.1) is 0 Å². The van der Waals surface area contributed by atoms with Gasteiger partial charge in [0.15, 0.2) is 0 Å². The smallest absolute Gasteiger partial charge is 0.123 e. The number of nitrogens with zero attached hydrogens (tertiary/aromatic N) is 1. The third-order valence-electron chi connectivity index (χ3n) is 4.60. The lowest BCUT2D eigenvalue weighted by atomic mass is 9.80. The average Bonchev–Trinajstić information content (AvgIpc) is 2.41. The molecule has 3 rings (SSSR count). The highest BCUT2D eigenvalue weighted by atomic mass is 16.5. The molecule has 2 bridgehead atoms. The Kier molecular flexibility index (Phi) is 2.44. The fraction of sp³-hybridized carbons (Fsp3) is 0.600. The first kappa shape index (κ1) is 11.1. The van der Waals surface area contributed by atoms with Crippen molar-refractivity contribution >= 4 is 0 Å². The maximum absolute atomic E-state index is 6.24. The molecule has 3 unspecified atom stereocenters. The highest BCUT2D eigenvalue weighted by Gasteiger charge is 2.42. The lowest BCUT2D eigenvalue weighted by molar-refractivity contribution is 0.0530. The Hall–Kier alpha value is -1.02. The molecule has 1 fully saturated rings. The Labute approximate surface area is 104 Å². The summed E-state index contributed by atoms with van der Waals surface area (Å²) in [6, 6.07) is 9.16. The number of likely N-dealkylation sites (N-methyl/N-ethyl adjacent to an activating group) is 1. The van der Waals surface area contributed by atoms with Crippen LogP contribution in [-0.4, -0.2) is 30.1 Å². The van der Waals surface area contributed by atoms with Gasteiger partial charge in [-0.15, -0.1) is 0 Å². The van der Waals surface area contributed by atoms with Crippen LogP contribution in [0.15, 0.2) is 24.3 Å². The minimum atomic E-state index is 0.0258. The highest BCUT2D eigenvalue weighted by Crippen LogP contribution is 2.46. The van der Waals surface area contributed by atoms with Crippen LogP contribution >= 0.6 is 0 Å². The molecule has 1 aromatic carbocycles. The van der Waals surface area contributed by atoms with E-state index in [-0.39, 0.29) is 5.60 Å². The van der Waals surface area contributed by atoms with E-state index in [1.54, 1.807) is 0 Å². The zero-order valence-corrected chi connectivity index (χ0v) is 10.9. The molecule has 2 heteroatoms. The molecule has 0 N–H and O–H groups in total. The molecule has 17 heavy (non-hydrogen) atoms. The van der Waals surface area contributed by atoms with Gasteiger partial charge in [-0.3, -0.25) is 0 Å². The van der Waals surface area contributed by atoms with Gasteiger partial charge in [-0.2, -0.15) is 0 Å². The Bertz CT molecular complexity index is 431. The standard InChI is InChI=1S/C15H21NO/c1-11-13-10-15(2,8-9-16(11)3)17-14-7-5-4-6-12(13)14/h4-7,11,13H,8-10H2,1-3H3. The van der Waals surface area contributed by atoms with Crippen molar-refractivity contribution in [1.82, 2.24) is 4.90 Å². The largest absolute Gasteiger partial charge is 0.487 e. The summed E-state index contributed by atoms with van der Waals surface area (Å²) < 4.78 is 6.24. The first-order valence-electron chi connectivity index (χ1n) is 6.57. The van der Waals surface area contributed by atoms with Crippen LogP contribution < -0.4 is 4.74 Å². The van der Waals surface area contributed by atoms with Gasteiger partial charge in [-0.25, -0.2) is 0 Å². The first-order chi connectivity index (χ1) is 8.09. The van der Waals surface area contributed by atoms with E-state index in [4.69, 9.17) is 4.74 Å². The summed E-state index contributed by atoms with van der Waals surface area (Å²) in [4.78, 5) is 2.47. The van der Waals surface area contributed by atoms with Crippen molar-refractivity contribution < 1.29 is 4.74 Å². The van der Waals surface area contributed by atoms with E-state index in [2.05, 4.69) is 50.1 Å². The van der Waals surface area contributed by atoms with Crippen LogP contribution in [0.3, 0.4) is 0 Å². The quantitative estimate of drug-likeness (QED) is 0.680. The summed E-state index contributed by atoms with van der Waals surface area (Å²) in [6.07, 6.45) is 2.27. The fourth-order valence-electron chi connectivity index (χ4n) is 3.27. The molecule has 2 aliphatic heterocycles. The molecule has 92 valence electrons. The number of fused-ring (bicyclic) bond motifs is 4. The van der Waals surface area contributed by atoms with E-state index in [0.29, 0.717) is 12.0 Å². The molecule has 0 aromatic heterocycles. The van der Waals surface area contributed by atoms with Gasteiger partial charge in [0.25, 0.3) is 0 Å². The predicted octanol–water partition coefficient (Wildman–Crippen LogP) is 3.04. The minimum absolute atomic E-state index is 0.0258. The van der Waals surface area contributed by atoms with Crippen LogP contribution in [0.25, 0.3) is 0 Å². The van der Waals surface area contributed by atoms with Gasteiger partial charge in [0, 0.05) is 18.5 Å². The molecule has 2 heterocycles. The molecule has 3 atom stereocenters. The van der Waals surface area contributed by atoms with Crippen LogP contribution in [0.5, 0.6) is 5.75 Å². The lowest BCUT2D eigenvalue weighted by Crippen LogP contribution is -2.38. The van der Waals surface area contributed by atoms with Crippen LogP contribution in [-0.2, 0) is 0 Å². The highest BCUT2D eigenvalue weighted by molar-refractivity contribution is 5.40. The summed E-state index contributed by atoms with van der Waals surface area (Å²) in [7, 11) is 2.23. The van der Waals surface area contributed by atoms with Crippen molar-refractivity contribution in [3.63, 3.8) is 0 Å². The van der Waals surface area contributed by atoms with E-state index >= 15 is 0 Å². The van der Waals surface area contributed by atoms with Crippen LogP contribution in [0, 0.1) is 0 Å². The van der Waals surface area contributed by atoms with Gasteiger partial charge in [0.2, 0.25) is 0 Å². The van der Waals surface area contributed by atoms with Crippen molar-refractivity contribution in [3.05, 3.63) is 29.8 Å². The topological polar surface area (TPSA) is 12.5 Å². The summed E-state index contributed by atoms with van der Waals surface area (Å²) in [5.41, 5.74) is 1.42. The van der Waals surface area contributed by atoms with Crippen LogP contribution in [0.4, 0.5) is 0 Å². The first-order valence-corrected chi connectivity index (χ1v) is 6.57. The maximum atomic E-state index is 6.24. The summed E-state index contributed by atoms with van der Waals surface area (Å²) in [5.74, 6) is 1.71. The summed E-state index contributed by atoms with van der Waals surface area (Å²) in [5, 5.41) is 0. The molecule has 1 saturated heterocycles. The van der Waals surface area contributed by atoms with Crippen molar-refractivity contribution in [3.8, 4) is 5.75 Å². The molecule has 2 nitrogen and oxygen atoms in total. The van der Waals surface area contributed by atoms with Gasteiger partial charge in [-0.05, 0) is 45.4 Å². The number of likely N-dealkylation sites (tertiary alicyclic amines) is 1. The predicted molar refractivity (Wildman–Crippen MR) is 69.5 cm³/mol. The number of hydrogen-bond acceptors (Lipinski definition) is 2. The molecular formula is C15H21NO. The van der Waals surface area contributed by atoms with Gasteiger partial charge < -0.3 is 9.64 Å². The zero-order valence-electron chi connectivity index (χ0n) is 10.9. The monoisotopic (exact) mass is 231 g/mol. The second-order valence-electron chi connectivity index (χ2n) is 5.87. The maximum Gasteiger partial charge on any atom is 0.123 e. The van der Waals surface area contributed by atoms with Crippen molar-refractivity contribution in [1.29, 1.82) is 0 Å². The van der Waals surface area contributed by atoms with Gasteiger partial charge in [-0.1, -0.05) is 18.2 Å². The second-order valence-corrected chi connectivity index (χ2v) is 5.87. The van der Waals surface area contributed by atoms with Gasteiger partial charge in [0.1, 0.15) is 11.4 Å². The number of para-hydroxylation sites is 1. The lowest BCUT2D eigenvalue weighted by Gasteiger charge is -2.39. The number of rotatable bonds is 0. The van der Waals surface area contributed by atoms with E-state index in [9.17, 15) is 0 Å². The minimum Gasteiger partial charge on any atom is -0.487 e. The molecule has 1 aromatic rings. The Morgan fingerprint density at radius 3 is 2.94 bits per heavy atom. The molecule has 0 aliphatic carbocycles. The SMILES string of the molecule is CC1C2CC(C)(CCN1C)Oc1ccccc12. The average molecular weight is 231 g/mol. The number of ether oxygens (including phenoxy) is 1. The number of hydrogen-bond donors (Lipinski definition) is 0. The second kappa shape index (κ2) is 3.74. The van der Waals surface area contributed by atoms with E-state index in [1.807, 2.05) is 0 Å². The third-order valence-corrected chi connectivity index (χ3v) is 4.60. The van der Waals surface area contributed by atoms with E-state index in [0.717, 1.165) is 25.1 Å². The third kappa shape index (κ3) is 1.75. The molecule has 0 amide bonds. The van der Waals surface area contributed by atoms with Crippen molar-refractivity contribution in [2.45, 2.75) is 44.2 Å². The van der Waals surface area contributed by atoms with Crippen molar-refractivity contribution in [2.24, 2.45) is 0 Å². The Morgan fingerprint density at radius 1 is 1.35 bits per heavy atom. The van der Waals surface area contributed by atoms with E-state index < -0.39 is 0 Å². The fourth-order valence-corrected chi connectivity index (χ4v) is 3.27. The normalized spacial score (nSPS) is 36.9. The number of benzene rings is 1. The van der Waals surface area contributed by atoms with Gasteiger partial charge >= 0.3 is 0 Å². The van der Waals surface area contributed by atoms with Crippen molar-refractivity contribution in [2.75, 3.05) is 13.6 Å². The van der Waals surface area contributed by atoms with Crippen LogP contribution in [0.2, 0.25) is 0 Å². The zero-order chi connectivity index (χ0) is 12.0. The summed E-state index contributed by atoms with van der Waals surface area (Å²) >= 11 is 0. The molecule has 0 spiro atoms. The molecule has 2 aliphatic rings. The molecule has 0 radical (unpaired) electrons. The van der Waals surface area contributed by atoms with E-state index in [1.165, 1.54) is 5.56 Å². The van der Waals surface area contributed by atoms with Crippen LogP contribution in [0.1, 0.15) is 38.2 Å². The molecule has 0 saturated carbocycles. The molecular weight excluding hydrogens is 210 g/mol. The Morgan fingerprint density at radius 2 is 2.12 bits per heavy atom. The summed E-state index contributed by atoms with van der Waals surface area (Å²) in [6.45, 7) is 5.74.